The fraction of sp³-hybridized carbons (Fsp3) is 0.375. The van der Waals surface area contributed by atoms with Crippen molar-refractivity contribution in [3.63, 3.8) is 0 Å². The van der Waals surface area contributed by atoms with Crippen LogP contribution in [0.2, 0.25) is 5.02 Å². The van der Waals surface area contributed by atoms with Crippen LogP contribution in [0.1, 0.15) is 40.2 Å². The largest absolute Gasteiger partial charge is 0.394 e. The number of hydrogen-bond donors (Lipinski definition) is 4. The van der Waals surface area contributed by atoms with Crippen molar-refractivity contribution in [1.82, 2.24) is 25.3 Å². The molecule has 3 aromatic rings. The Kier molecular flexibility index (Phi) is 6.76. The van der Waals surface area contributed by atoms with E-state index < -0.39 is 0 Å². The highest BCUT2D eigenvalue weighted by Gasteiger charge is 2.52. The molecule has 3 unspecified atom stereocenters. The molecule has 1 amide bonds. The van der Waals surface area contributed by atoms with Gasteiger partial charge in [-0.3, -0.25) is 4.79 Å². The summed E-state index contributed by atoms with van der Waals surface area (Å²) in [6.45, 7) is 0.427. The third-order valence-electron chi connectivity index (χ3n) is 6.45. The monoisotopic (exact) mass is 495 g/mol. The van der Waals surface area contributed by atoms with Gasteiger partial charge in [-0.2, -0.15) is 4.98 Å². The number of benzene rings is 1. The SMILES string of the molecule is O=C(NCc1ncccn1)c1cnc(N2C(CO)CC3CC32)nc1NCc1ccc(CO)c(Cl)c1. The molecule has 11 heteroatoms. The molecule has 2 aromatic heterocycles. The highest BCUT2D eigenvalue weighted by molar-refractivity contribution is 6.31. The Morgan fingerprint density at radius 3 is 2.71 bits per heavy atom. The number of aliphatic hydroxyl groups is 2. The minimum absolute atomic E-state index is 0.0219. The Hall–Kier alpha value is -3.34. The van der Waals surface area contributed by atoms with Crippen LogP contribution in [0.3, 0.4) is 0 Å². The third-order valence-corrected chi connectivity index (χ3v) is 6.80. The van der Waals surface area contributed by atoms with Crippen LogP contribution in [0, 0.1) is 5.92 Å². The zero-order valence-electron chi connectivity index (χ0n) is 18.9. The fourth-order valence-corrected chi connectivity index (χ4v) is 4.78. The van der Waals surface area contributed by atoms with Gasteiger partial charge in [-0.05, 0) is 42.0 Å². The summed E-state index contributed by atoms with van der Waals surface area (Å²) in [5, 5.41) is 25.7. The number of carbonyl (C=O) groups excluding carboxylic acids is 1. The Bertz CT molecular complexity index is 1210. The Balaban J connectivity index is 1.39. The number of halogens is 1. The van der Waals surface area contributed by atoms with E-state index in [0.717, 1.165) is 18.4 Å². The molecule has 1 aliphatic carbocycles. The van der Waals surface area contributed by atoms with Gasteiger partial charge in [0.2, 0.25) is 5.95 Å². The van der Waals surface area contributed by atoms with Crippen LogP contribution in [-0.4, -0.2) is 54.7 Å². The van der Waals surface area contributed by atoms with E-state index in [4.69, 9.17) is 16.6 Å². The minimum atomic E-state index is -0.357. The van der Waals surface area contributed by atoms with Gasteiger partial charge < -0.3 is 25.7 Å². The smallest absolute Gasteiger partial charge is 0.256 e. The molecule has 2 fully saturated rings. The van der Waals surface area contributed by atoms with Gasteiger partial charge in [-0.25, -0.2) is 15.0 Å². The first-order valence-corrected chi connectivity index (χ1v) is 11.9. The molecule has 10 nitrogen and oxygen atoms in total. The zero-order valence-corrected chi connectivity index (χ0v) is 19.7. The maximum absolute atomic E-state index is 13.0. The summed E-state index contributed by atoms with van der Waals surface area (Å²) in [5.41, 5.74) is 1.80. The molecular formula is C24H26ClN7O3. The fourth-order valence-electron chi connectivity index (χ4n) is 4.52. The molecule has 4 N–H and O–H groups in total. The average Bonchev–Trinajstić information content (AvgIpc) is 3.55. The quantitative estimate of drug-likeness (QED) is 0.351. The van der Waals surface area contributed by atoms with Crippen LogP contribution >= 0.6 is 11.6 Å². The molecule has 1 saturated carbocycles. The first kappa shape index (κ1) is 23.4. The average molecular weight is 496 g/mol. The van der Waals surface area contributed by atoms with Crippen LogP contribution in [0.15, 0.2) is 42.9 Å². The van der Waals surface area contributed by atoms with Crippen molar-refractivity contribution in [2.75, 3.05) is 16.8 Å². The van der Waals surface area contributed by atoms with Crippen LogP contribution in [0.5, 0.6) is 0 Å². The number of anilines is 2. The van der Waals surface area contributed by atoms with Gasteiger partial charge in [-0.1, -0.05) is 23.7 Å². The Morgan fingerprint density at radius 1 is 1.14 bits per heavy atom. The number of amides is 1. The van der Waals surface area contributed by atoms with Crippen molar-refractivity contribution in [2.24, 2.45) is 5.92 Å². The maximum atomic E-state index is 13.0. The topological polar surface area (TPSA) is 136 Å². The number of carbonyl (C=O) groups is 1. The predicted molar refractivity (Wildman–Crippen MR) is 130 cm³/mol. The van der Waals surface area contributed by atoms with Gasteiger partial charge >= 0.3 is 0 Å². The predicted octanol–water partition coefficient (Wildman–Crippen LogP) is 1.91. The van der Waals surface area contributed by atoms with Crippen LogP contribution < -0.4 is 15.5 Å². The number of nitrogens with zero attached hydrogens (tertiary/aromatic N) is 5. The van der Waals surface area contributed by atoms with Crippen LogP contribution in [0.4, 0.5) is 11.8 Å². The first-order valence-electron chi connectivity index (χ1n) is 11.5. The lowest BCUT2D eigenvalue weighted by atomic mass is 10.1. The summed E-state index contributed by atoms with van der Waals surface area (Å²) >= 11 is 6.24. The molecule has 0 spiro atoms. The van der Waals surface area contributed by atoms with Gasteiger partial charge in [0.25, 0.3) is 5.91 Å². The molecular weight excluding hydrogens is 470 g/mol. The van der Waals surface area contributed by atoms with E-state index in [1.54, 1.807) is 30.6 Å². The van der Waals surface area contributed by atoms with E-state index in [1.165, 1.54) is 6.20 Å². The summed E-state index contributed by atoms with van der Waals surface area (Å²) in [6.07, 6.45) is 6.73. The molecule has 0 radical (unpaired) electrons. The van der Waals surface area contributed by atoms with Crippen molar-refractivity contribution in [3.05, 3.63) is 70.4 Å². The number of aliphatic hydroxyl groups excluding tert-OH is 2. The highest BCUT2D eigenvalue weighted by Crippen LogP contribution is 2.48. The molecule has 1 saturated heterocycles. The highest BCUT2D eigenvalue weighted by atomic mass is 35.5. The molecule has 1 aliphatic heterocycles. The van der Waals surface area contributed by atoms with E-state index >= 15 is 0 Å². The molecule has 3 atom stereocenters. The van der Waals surface area contributed by atoms with E-state index in [9.17, 15) is 15.0 Å². The first-order chi connectivity index (χ1) is 17.1. The van der Waals surface area contributed by atoms with Crippen molar-refractivity contribution in [3.8, 4) is 0 Å². The number of nitrogens with one attached hydrogen (secondary N) is 2. The lowest BCUT2D eigenvalue weighted by Crippen LogP contribution is -2.37. The van der Waals surface area contributed by atoms with E-state index in [0.29, 0.717) is 46.7 Å². The number of fused-ring (bicyclic) bond motifs is 1. The van der Waals surface area contributed by atoms with Gasteiger partial charge in [0.05, 0.1) is 25.8 Å². The van der Waals surface area contributed by atoms with Gasteiger partial charge in [0.15, 0.2) is 0 Å². The summed E-state index contributed by atoms with van der Waals surface area (Å²) < 4.78 is 0. The van der Waals surface area contributed by atoms with Gasteiger partial charge in [0, 0.05) is 36.2 Å². The summed E-state index contributed by atoms with van der Waals surface area (Å²) in [5.74, 6) is 1.57. The lowest BCUT2D eigenvalue weighted by molar-refractivity contribution is 0.0950. The van der Waals surface area contributed by atoms with E-state index in [1.807, 2.05) is 6.07 Å². The third kappa shape index (κ3) is 5.04. The molecule has 1 aromatic carbocycles. The molecule has 2 aliphatic rings. The molecule has 35 heavy (non-hydrogen) atoms. The maximum Gasteiger partial charge on any atom is 0.256 e. The van der Waals surface area contributed by atoms with Gasteiger partial charge in [-0.15, -0.1) is 0 Å². The lowest BCUT2D eigenvalue weighted by Gasteiger charge is -2.26. The van der Waals surface area contributed by atoms with Crippen LogP contribution in [-0.2, 0) is 19.7 Å². The van der Waals surface area contributed by atoms with Crippen molar-refractivity contribution in [1.29, 1.82) is 0 Å². The van der Waals surface area contributed by atoms with Crippen molar-refractivity contribution < 1.29 is 15.0 Å². The normalized spacial score (nSPS) is 20.4. The van der Waals surface area contributed by atoms with E-state index in [-0.39, 0.29) is 37.3 Å². The summed E-state index contributed by atoms with van der Waals surface area (Å²) in [7, 11) is 0. The Labute approximate surface area is 207 Å². The Morgan fingerprint density at radius 2 is 1.97 bits per heavy atom. The molecule has 0 bridgehead atoms. The number of rotatable bonds is 9. The van der Waals surface area contributed by atoms with Crippen molar-refractivity contribution in [2.45, 2.75) is 44.6 Å². The van der Waals surface area contributed by atoms with E-state index in [2.05, 4.69) is 30.5 Å². The molecule has 3 heterocycles. The number of hydrogen-bond acceptors (Lipinski definition) is 9. The van der Waals surface area contributed by atoms with Crippen LogP contribution in [0.25, 0.3) is 0 Å². The summed E-state index contributed by atoms with van der Waals surface area (Å²) in [6, 6.07) is 7.41. The molecule has 182 valence electrons. The second kappa shape index (κ2) is 10.1. The zero-order chi connectivity index (χ0) is 24.4. The minimum Gasteiger partial charge on any atom is -0.394 e. The van der Waals surface area contributed by atoms with Crippen molar-refractivity contribution >= 4 is 29.3 Å². The number of piperidine rings is 1. The number of aromatic nitrogens is 4. The molecule has 5 rings (SSSR count). The standard InChI is InChI=1S/C24H26ClN7O3/c25-19-6-14(2-3-15(19)12-33)9-28-22-18(23(35)29-11-21-26-4-1-5-27-21)10-30-24(31-22)32-17(13-34)7-16-8-20(16)32/h1-6,10,16-17,20,33-34H,7-9,11-13H2,(H,29,35)(H,28,30,31). The second-order valence-electron chi connectivity index (χ2n) is 8.76. The second-order valence-corrected chi connectivity index (χ2v) is 9.17. The summed E-state index contributed by atoms with van der Waals surface area (Å²) in [4.78, 5) is 32.5. The van der Waals surface area contributed by atoms with Gasteiger partial charge in [0.1, 0.15) is 17.2 Å².